The number of rotatable bonds is 6. The summed E-state index contributed by atoms with van der Waals surface area (Å²) in [5.41, 5.74) is 0.0213. The molecule has 5 nitrogen and oxygen atoms in total. The second-order valence-corrected chi connectivity index (χ2v) is 9.73. The maximum Gasteiger partial charge on any atom is 0.262 e. The average molecular weight is 408 g/mol. The third-order valence-corrected chi connectivity index (χ3v) is 7.14. The molecular weight excluding hydrogens is 378 g/mol. The molecule has 0 radical (unpaired) electrons. The Bertz CT molecular complexity index is 864. The SMILES string of the molecule is CCCn1c(SCC(=O)N2C[C@@H](C)C[C@H](C)C2)nc2sc(CC)cc2c1=O. The van der Waals surface area contributed by atoms with E-state index in [4.69, 9.17) is 4.98 Å². The van der Waals surface area contributed by atoms with Crippen LogP contribution < -0.4 is 5.56 Å². The highest BCUT2D eigenvalue weighted by Gasteiger charge is 2.25. The van der Waals surface area contributed by atoms with Gasteiger partial charge in [-0.15, -0.1) is 11.3 Å². The van der Waals surface area contributed by atoms with Crippen molar-refractivity contribution in [2.24, 2.45) is 11.8 Å². The highest BCUT2D eigenvalue weighted by atomic mass is 32.2. The molecule has 0 spiro atoms. The Hall–Kier alpha value is -1.34. The molecule has 0 saturated carbocycles. The van der Waals surface area contributed by atoms with Crippen LogP contribution in [0.15, 0.2) is 16.0 Å². The molecule has 0 N–H and O–H groups in total. The number of thiophene rings is 1. The third-order valence-electron chi connectivity index (χ3n) is 5.01. The lowest BCUT2D eigenvalue weighted by Crippen LogP contribution is -2.43. The van der Waals surface area contributed by atoms with Gasteiger partial charge in [-0.2, -0.15) is 0 Å². The Morgan fingerprint density at radius 2 is 2.00 bits per heavy atom. The van der Waals surface area contributed by atoms with Crippen molar-refractivity contribution >= 4 is 39.2 Å². The van der Waals surface area contributed by atoms with E-state index in [9.17, 15) is 9.59 Å². The van der Waals surface area contributed by atoms with Crippen LogP contribution in [-0.2, 0) is 17.8 Å². The Morgan fingerprint density at radius 1 is 1.30 bits per heavy atom. The zero-order valence-corrected chi connectivity index (χ0v) is 18.3. The lowest BCUT2D eigenvalue weighted by atomic mass is 9.92. The molecule has 3 heterocycles. The van der Waals surface area contributed by atoms with Crippen LogP contribution in [0.2, 0.25) is 0 Å². The van der Waals surface area contributed by atoms with E-state index in [0.717, 1.165) is 30.8 Å². The second-order valence-electron chi connectivity index (χ2n) is 7.67. The molecule has 2 atom stereocenters. The van der Waals surface area contributed by atoms with Crippen molar-refractivity contribution in [3.8, 4) is 0 Å². The summed E-state index contributed by atoms with van der Waals surface area (Å²) in [6, 6.07) is 1.97. The molecular formula is C20H29N3O2S2. The van der Waals surface area contributed by atoms with Crippen LogP contribution >= 0.6 is 23.1 Å². The van der Waals surface area contributed by atoms with Crippen LogP contribution in [0.5, 0.6) is 0 Å². The van der Waals surface area contributed by atoms with Gasteiger partial charge in [-0.05, 0) is 37.2 Å². The van der Waals surface area contributed by atoms with Gasteiger partial charge in [0.25, 0.3) is 5.56 Å². The molecule has 2 aromatic heterocycles. The van der Waals surface area contributed by atoms with E-state index in [0.29, 0.717) is 34.7 Å². The molecule has 0 unspecified atom stereocenters. The van der Waals surface area contributed by atoms with E-state index in [1.807, 2.05) is 11.0 Å². The monoisotopic (exact) mass is 407 g/mol. The fraction of sp³-hybridized carbons (Fsp3) is 0.650. The molecule has 1 saturated heterocycles. The van der Waals surface area contributed by atoms with Gasteiger partial charge in [0.05, 0.1) is 11.1 Å². The van der Waals surface area contributed by atoms with Gasteiger partial charge in [-0.25, -0.2) is 4.98 Å². The number of aromatic nitrogens is 2. The zero-order chi connectivity index (χ0) is 19.6. The van der Waals surface area contributed by atoms with Crippen LogP contribution in [0.4, 0.5) is 0 Å². The number of hydrogen-bond acceptors (Lipinski definition) is 5. The normalized spacial score (nSPS) is 20.4. The molecule has 1 fully saturated rings. The molecule has 7 heteroatoms. The van der Waals surface area contributed by atoms with Gasteiger partial charge in [0.1, 0.15) is 4.83 Å². The quantitative estimate of drug-likeness (QED) is 0.536. The maximum atomic E-state index is 12.9. The van der Waals surface area contributed by atoms with E-state index >= 15 is 0 Å². The van der Waals surface area contributed by atoms with Crippen molar-refractivity contribution in [3.05, 3.63) is 21.3 Å². The van der Waals surface area contributed by atoms with E-state index in [1.54, 1.807) is 15.9 Å². The van der Waals surface area contributed by atoms with Crippen LogP contribution in [0, 0.1) is 11.8 Å². The Kier molecular flexibility index (Phi) is 6.63. The molecule has 1 aliphatic heterocycles. The fourth-order valence-electron chi connectivity index (χ4n) is 3.84. The van der Waals surface area contributed by atoms with Crippen molar-refractivity contribution in [2.75, 3.05) is 18.8 Å². The summed E-state index contributed by atoms with van der Waals surface area (Å²) in [5, 5.41) is 1.38. The zero-order valence-electron chi connectivity index (χ0n) is 16.7. The van der Waals surface area contributed by atoms with Crippen LogP contribution in [0.1, 0.15) is 45.4 Å². The maximum absolute atomic E-state index is 12.9. The molecule has 0 bridgehead atoms. The lowest BCUT2D eigenvalue weighted by molar-refractivity contribution is -0.130. The van der Waals surface area contributed by atoms with E-state index < -0.39 is 0 Å². The highest BCUT2D eigenvalue weighted by molar-refractivity contribution is 7.99. The van der Waals surface area contributed by atoms with Gasteiger partial charge in [-0.3, -0.25) is 14.2 Å². The molecule has 1 amide bonds. The minimum atomic E-state index is 0.0213. The summed E-state index contributed by atoms with van der Waals surface area (Å²) in [4.78, 5) is 34.3. The standard InChI is InChI=1S/C20H29N3O2S2/c1-5-7-23-19(25)16-9-15(6-2)27-18(16)21-20(23)26-12-17(24)22-10-13(3)8-14(4)11-22/h9,13-14H,5-8,10-12H2,1-4H3/t13-,14-/m0/s1. The van der Waals surface area contributed by atoms with Crippen molar-refractivity contribution in [1.29, 1.82) is 0 Å². The van der Waals surface area contributed by atoms with Gasteiger partial charge in [0.2, 0.25) is 5.91 Å². The van der Waals surface area contributed by atoms with Gasteiger partial charge in [0.15, 0.2) is 5.16 Å². The number of amides is 1. The van der Waals surface area contributed by atoms with Crippen molar-refractivity contribution in [1.82, 2.24) is 14.5 Å². The van der Waals surface area contributed by atoms with Crippen LogP contribution in [0.25, 0.3) is 10.2 Å². The number of hydrogen-bond donors (Lipinski definition) is 0. The molecule has 1 aliphatic rings. The number of thioether (sulfide) groups is 1. The number of carbonyl (C=O) groups excluding carboxylic acids is 1. The van der Waals surface area contributed by atoms with Gasteiger partial charge >= 0.3 is 0 Å². The van der Waals surface area contributed by atoms with Gasteiger partial charge < -0.3 is 4.90 Å². The van der Waals surface area contributed by atoms with E-state index in [2.05, 4.69) is 27.7 Å². The average Bonchev–Trinajstić information content (AvgIpc) is 3.05. The molecule has 3 rings (SSSR count). The summed E-state index contributed by atoms with van der Waals surface area (Å²) in [5.74, 6) is 1.59. The topological polar surface area (TPSA) is 55.2 Å². The predicted octanol–water partition coefficient (Wildman–Crippen LogP) is 4.03. The number of piperidine rings is 1. The van der Waals surface area contributed by atoms with Crippen molar-refractivity contribution < 1.29 is 4.79 Å². The molecule has 0 aromatic carbocycles. The first kappa shape index (κ1) is 20.4. The number of nitrogens with zero attached hydrogens (tertiary/aromatic N) is 3. The van der Waals surface area contributed by atoms with Gasteiger partial charge in [-0.1, -0.05) is 39.5 Å². The number of carbonyl (C=O) groups is 1. The first-order valence-corrected chi connectivity index (χ1v) is 11.7. The Balaban J connectivity index is 1.82. The Labute approximate surface area is 169 Å². The summed E-state index contributed by atoms with van der Waals surface area (Å²) >= 11 is 2.99. The minimum Gasteiger partial charge on any atom is -0.341 e. The van der Waals surface area contributed by atoms with Crippen molar-refractivity contribution in [3.63, 3.8) is 0 Å². The summed E-state index contributed by atoms with van der Waals surface area (Å²) in [6.07, 6.45) is 2.95. The Morgan fingerprint density at radius 3 is 2.63 bits per heavy atom. The number of aryl methyl sites for hydroxylation is 1. The van der Waals surface area contributed by atoms with Gasteiger partial charge in [0, 0.05) is 24.5 Å². The number of fused-ring (bicyclic) bond motifs is 1. The smallest absolute Gasteiger partial charge is 0.262 e. The minimum absolute atomic E-state index is 0.0213. The van der Waals surface area contributed by atoms with Crippen molar-refractivity contribution in [2.45, 2.75) is 58.7 Å². The summed E-state index contributed by atoms with van der Waals surface area (Å²) < 4.78 is 1.74. The predicted molar refractivity (Wildman–Crippen MR) is 114 cm³/mol. The molecule has 148 valence electrons. The third kappa shape index (κ3) is 4.57. The van der Waals surface area contributed by atoms with Crippen LogP contribution in [-0.4, -0.2) is 39.2 Å². The first-order chi connectivity index (χ1) is 12.9. The fourth-order valence-corrected chi connectivity index (χ4v) is 5.77. The van der Waals surface area contributed by atoms with E-state index in [1.165, 1.54) is 23.1 Å². The number of likely N-dealkylation sites (tertiary alicyclic amines) is 1. The van der Waals surface area contributed by atoms with E-state index in [-0.39, 0.29) is 11.5 Å². The highest BCUT2D eigenvalue weighted by Crippen LogP contribution is 2.26. The molecule has 27 heavy (non-hydrogen) atoms. The summed E-state index contributed by atoms with van der Waals surface area (Å²) in [6.45, 7) is 10.9. The van der Waals surface area contributed by atoms with Crippen LogP contribution in [0.3, 0.4) is 0 Å². The lowest BCUT2D eigenvalue weighted by Gasteiger charge is -2.35. The first-order valence-electron chi connectivity index (χ1n) is 9.86. The largest absolute Gasteiger partial charge is 0.341 e. The second kappa shape index (κ2) is 8.78. The molecule has 2 aromatic rings. The molecule has 0 aliphatic carbocycles. The summed E-state index contributed by atoms with van der Waals surface area (Å²) in [7, 11) is 0.